The van der Waals surface area contributed by atoms with Crippen molar-refractivity contribution < 1.29 is 0 Å². The fourth-order valence-electron chi connectivity index (χ4n) is 1.34. The molecule has 0 bridgehead atoms. The van der Waals surface area contributed by atoms with Crippen LogP contribution < -0.4 is 5.32 Å². The first-order chi connectivity index (χ1) is 7.83. The van der Waals surface area contributed by atoms with Crippen molar-refractivity contribution >= 4 is 27.5 Å². The molecule has 4 heteroatoms. The smallest absolute Gasteiger partial charge is 0.0451 e. The Hall–Kier alpha value is -0.0900. The third-order valence-electron chi connectivity index (χ3n) is 3.09. The molecule has 0 aliphatic rings. The topological polar surface area (TPSA) is 15.3 Å². The lowest BCUT2D eigenvalue weighted by Crippen LogP contribution is -2.46. The second-order valence-electron chi connectivity index (χ2n) is 5.05. The average Bonchev–Trinajstić information content (AvgIpc) is 2.22. The Kier molecular flexibility index (Phi) is 5.45. The summed E-state index contributed by atoms with van der Waals surface area (Å²) in [4.78, 5) is 2.21. The molecule has 0 saturated heterocycles. The van der Waals surface area contributed by atoms with Crippen molar-refractivity contribution in [2.24, 2.45) is 0 Å². The summed E-state index contributed by atoms with van der Waals surface area (Å²) in [7, 11) is 4.18. The second kappa shape index (κ2) is 6.19. The van der Waals surface area contributed by atoms with Crippen molar-refractivity contribution in [3.63, 3.8) is 0 Å². The fraction of sp³-hybridized carbons (Fsp3) is 0.538. The molecular weight excluding hydrogens is 300 g/mol. The molecule has 1 aromatic rings. The lowest BCUT2D eigenvalue weighted by molar-refractivity contribution is 0.190. The van der Waals surface area contributed by atoms with E-state index in [1.165, 1.54) is 0 Å². The fourth-order valence-corrected chi connectivity index (χ4v) is 1.93. The highest BCUT2D eigenvalue weighted by Gasteiger charge is 2.19. The number of likely N-dealkylation sites (N-methyl/N-ethyl adjacent to an activating group) is 1. The van der Waals surface area contributed by atoms with Gasteiger partial charge in [-0.3, -0.25) is 0 Å². The van der Waals surface area contributed by atoms with Crippen LogP contribution in [0, 0.1) is 0 Å². The molecule has 0 spiro atoms. The minimum absolute atomic E-state index is 0.137. The van der Waals surface area contributed by atoms with Crippen molar-refractivity contribution in [2.45, 2.75) is 25.9 Å². The number of halogens is 2. The van der Waals surface area contributed by atoms with Crippen LogP contribution in [0.3, 0.4) is 0 Å². The number of hydrogen-bond acceptors (Lipinski definition) is 2. The van der Waals surface area contributed by atoms with Gasteiger partial charge < -0.3 is 10.2 Å². The van der Waals surface area contributed by atoms with Gasteiger partial charge in [0.25, 0.3) is 0 Å². The van der Waals surface area contributed by atoms with Gasteiger partial charge in [0.05, 0.1) is 0 Å². The predicted molar refractivity (Wildman–Crippen MR) is 78.6 cm³/mol. The van der Waals surface area contributed by atoms with E-state index in [1.807, 2.05) is 12.1 Å². The minimum atomic E-state index is 0.137. The summed E-state index contributed by atoms with van der Waals surface area (Å²) in [6.45, 7) is 6.13. The third kappa shape index (κ3) is 4.59. The Morgan fingerprint density at radius 3 is 2.59 bits per heavy atom. The molecule has 0 heterocycles. The standard InChI is InChI=1S/C13H20BrClN2/c1-13(2,17(3)4)9-16-8-10-7-11(14)5-6-12(10)15/h5-7,16H,8-9H2,1-4H3. The molecular formula is C13H20BrClN2. The van der Waals surface area contributed by atoms with Crippen LogP contribution in [0.15, 0.2) is 22.7 Å². The number of nitrogens with zero attached hydrogens (tertiary/aromatic N) is 1. The Balaban J connectivity index is 2.54. The van der Waals surface area contributed by atoms with Crippen LogP contribution in [-0.4, -0.2) is 31.1 Å². The summed E-state index contributed by atoms with van der Waals surface area (Å²) in [6, 6.07) is 5.92. The van der Waals surface area contributed by atoms with Crippen LogP contribution in [0.4, 0.5) is 0 Å². The van der Waals surface area contributed by atoms with E-state index in [4.69, 9.17) is 11.6 Å². The molecule has 1 rings (SSSR count). The van der Waals surface area contributed by atoms with E-state index in [9.17, 15) is 0 Å². The van der Waals surface area contributed by atoms with Crippen LogP contribution in [0.25, 0.3) is 0 Å². The van der Waals surface area contributed by atoms with E-state index in [2.05, 4.69) is 60.2 Å². The summed E-state index contributed by atoms with van der Waals surface area (Å²) in [5, 5.41) is 4.25. The van der Waals surface area contributed by atoms with Crippen LogP contribution in [0.5, 0.6) is 0 Å². The maximum atomic E-state index is 6.14. The van der Waals surface area contributed by atoms with Crippen LogP contribution in [-0.2, 0) is 6.54 Å². The molecule has 1 N–H and O–H groups in total. The lowest BCUT2D eigenvalue weighted by Gasteiger charge is -2.32. The zero-order chi connectivity index (χ0) is 13.1. The first-order valence-electron chi connectivity index (χ1n) is 5.65. The van der Waals surface area contributed by atoms with Gasteiger partial charge in [0, 0.05) is 28.1 Å². The Morgan fingerprint density at radius 2 is 2.00 bits per heavy atom. The molecule has 0 aromatic heterocycles. The maximum Gasteiger partial charge on any atom is 0.0451 e. The number of nitrogens with one attached hydrogen (secondary N) is 1. The Bertz CT molecular complexity index is 378. The quantitative estimate of drug-likeness (QED) is 0.893. The van der Waals surface area contributed by atoms with Gasteiger partial charge in [-0.25, -0.2) is 0 Å². The highest BCUT2D eigenvalue weighted by atomic mass is 79.9. The van der Waals surface area contributed by atoms with Gasteiger partial charge in [0.15, 0.2) is 0 Å². The van der Waals surface area contributed by atoms with Gasteiger partial charge in [0.2, 0.25) is 0 Å². The number of rotatable bonds is 5. The molecule has 2 nitrogen and oxygen atoms in total. The normalized spacial score (nSPS) is 12.2. The highest BCUT2D eigenvalue weighted by Crippen LogP contribution is 2.21. The van der Waals surface area contributed by atoms with Gasteiger partial charge in [0.1, 0.15) is 0 Å². The van der Waals surface area contributed by atoms with Crippen molar-refractivity contribution in [3.8, 4) is 0 Å². The van der Waals surface area contributed by atoms with Gasteiger partial charge >= 0.3 is 0 Å². The molecule has 0 aliphatic heterocycles. The highest BCUT2D eigenvalue weighted by molar-refractivity contribution is 9.10. The molecule has 96 valence electrons. The zero-order valence-corrected chi connectivity index (χ0v) is 13.2. The van der Waals surface area contributed by atoms with Crippen LogP contribution in [0.2, 0.25) is 5.02 Å². The molecule has 0 radical (unpaired) electrons. The van der Waals surface area contributed by atoms with E-state index in [0.717, 1.165) is 28.1 Å². The average molecular weight is 320 g/mol. The Morgan fingerprint density at radius 1 is 1.35 bits per heavy atom. The van der Waals surface area contributed by atoms with Gasteiger partial charge in [-0.1, -0.05) is 27.5 Å². The minimum Gasteiger partial charge on any atom is -0.311 e. The molecule has 1 aromatic carbocycles. The van der Waals surface area contributed by atoms with Crippen LogP contribution in [0.1, 0.15) is 19.4 Å². The summed E-state index contributed by atoms with van der Waals surface area (Å²) in [5.74, 6) is 0. The summed E-state index contributed by atoms with van der Waals surface area (Å²) in [5.41, 5.74) is 1.26. The Labute approximate surface area is 117 Å². The van der Waals surface area contributed by atoms with E-state index in [-0.39, 0.29) is 5.54 Å². The number of hydrogen-bond donors (Lipinski definition) is 1. The van der Waals surface area contributed by atoms with Crippen molar-refractivity contribution in [3.05, 3.63) is 33.3 Å². The zero-order valence-electron chi connectivity index (χ0n) is 10.8. The van der Waals surface area contributed by atoms with Gasteiger partial charge in [-0.2, -0.15) is 0 Å². The van der Waals surface area contributed by atoms with Crippen molar-refractivity contribution in [2.75, 3.05) is 20.6 Å². The molecule has 0 amide bonds. The molecule has 0 unspecified atom stereocenters. The van der Waals surface area contributed by atoms with E-state index < -0.39 is 0 Å². The van der Waals surface area contributed by atoms with E-state index >= 15 is 0 Å². The molecule has 0 atom stereocenters. The largest absolute Gasteiger partial charge is 0.311 e. The molecule has 0 saturated carbocycles. The van der Waals surface area contributed by atoms with Crippen molar-refractivity contribution in [1.29, 1.82) is 0 Å². The molecule has 0 aliphatic carbocycles. The lowest BCUT2D eigenvalue weighted by atomic mass is 10.0. The molecule has 0 fully saturated rings. The third-order valence-corrected chi connectivity index (χ3v) is 3.95. The summed E-state index contributed by atoms with van der Waals surface area (Å²) < 4.78 is 1.06. The van der Waals surface area contributed by atoms with Gasteiger partial charge in [-0.05, 0) is 51.7 Å². The van der Waals surface area contributed by atoms with E-state index in [1.54, 1.807) is 0 Å². The predicted octanol–water partition coefficient (Wildman–Crippen LogP) is 3.53. The number of benzene rings is 1. The first-order valence-corrected chi connectivity index (χ1v) is 6.82. The maximum absolute atomic E-state index is 6.14. The SMILES string of the molecule is CN(C)C(C)(C)CNCc1cc(Br)ccc1Cl. The van der Waals surface area contributed by atoms with Crippen LogP contribution >= 0.6 is 27.5 Å². The molecule has 17 heavy (non-hydrogen) atoms. The summed E-state index contributed by atoms with van der Waals surface area (Å²) >= 11 is 9.59. The summed E-state index contributed by atoms with van der Waals surface area (Å²) in [6.07, 6.45) is 0. The monoisotopic (exact) mass is 318 g/mol. The van der Waals surface area contributed by atoms with Crippen molar-refractivity contribution in [1.82, 2.24) is 10.2 Å². The second-order valence-corrected chi connectivity index (χ2v) is 6.37. The van der Waals surface area contributed by atoms with E-state index in [0.29, 0.717) is 0 Å². The first kappa shape index (κ1) is 15.0. The van der Waals surface area contributed by atoms with Gasteiger partial charge in [-0.15, -0.1) is 0 Å².